The summed E-state index contributed by atoms with van der Waals surface area (Å²) in [4.78, 5) is 10.4. The third-order valence-corrected chi connectivity index (χ3v) is 2.13. The molecule has 0 saturated carbocycles. The van der Waals surface area contributed by atoms with Crippen LogP contribution >= 0.6 is 0 Å². The van der Waals surface area contributed by atoms with E-state index in [0.29, 0.717) is 24.1 Å². The molecule has 0 radical (unpaired) electrons. The second-order valence-electron chi connectivity index (χ2n) is 3.85. The predicted molar refractivity (Wildman–Crippen MR) is 63.4 cm³/mol. The van der Waals surface area contributed by atoms with Crippen LogP contribution in [0.4, 0.5) is 5.82 Å². The number of hydrogen-bond acceptors (Lipinski definition) is 6. The number of hydrazine groups is 1. The second-order valence-corrected chi connectivity index (χ2v) is 3.85. The van der Waals surface area contributed by atoms with E-state index in [4.69, 9.17) is 10.6 Å². The maximum Gasteiger partial charge on any atom is 0.221 e. The minimum Gasteiger partial charge on any atom is -0.476 e. The number of aromatic nitrogens is 2. The Balaban J connectivity index is 2.75. The van der Waals surface area contributed by atoms with Crippen molar-refractivity contribution < 1.29 is 4.74 Å². The quantitative estimate of drug-likeness (QED) is 0.555. The van der Waals surface area contributed by atoms with E-state index in [0.717, 1.165) is 12.1 Å². The Morgan fingerprint density at radius 3 is 2.56 bits per heavy atom. The number of rotatable bonds is 5. The SMILES string of the molecule is Cc1nc(NN)c(C)c(OCCN(C)C)n1. The van der Waals surface area contributed by atoms with Crippen molar-refractivity contribution in [2.45, 2.75) is 13.8 Å². The van der Waals surface area contributed by atoms with Crippen molar-refractivity contribution in [3.8, 4) is 5.88 Å². The highest BCUT2D eigenvalue weighted by molar-refractivity contribution is 5.47. The summed E-state index contributed by atoms with van der Waals surface area (Å²) in [5.41, 5.74) is 3.36. The summed E-state index contributed by atoms with van der Waals surface area (Å²) in [6.45, 7) is 5.11. The van der Waals surface area contributed by atoms with Crippen LogP contribution in [0.5, 0.6) is 5.88 Å². The first-order chi connectivity index (χ1) is 7.54. The zero-order chi connectivity index (χ0) is 12.1. The van der Waals surface area contributed by atoms with Crippen LogP contribution in [0.3, 0.4) is 0 Å². The molecule has 1 rings (SSSR count). The normalized spacial score (nSPS) is 10.6. The molecule has 90 valence electrons. The van der Waals surface area contributed by atoms with Gasteiger partial charge >= 0.3 is 0 Å². The van der Waals surface area contributed by atoms with Crippen molar-refractivity contribution in [1.29, 1.82) is 0 Å². The molecule has 0 atom stereocenters. The van der Waals surface area contributed by atoms with Gasteiger partial charge in [-0.15, -0.1) is 0 Å². The summed E-state index contributed by atoms with van der Waals surface area (Å²) >= 11 is 0. The average molecular weight is 225 g/mol. The molecule has 0 aromatic carbocycles. The van der Waals surface area contributed by atoms with Crippen molar-refractivity contribution in [1.82, 2.24) is 14.9 Å². The van der Waals surface area contributed by atoms with Gasteiger partial charge in [0.05, 0.1) is 5.56 Å². The van der Waals surface area contributed by atoms with Gasteiger partial charge in [-0.05, 0) is 27.9 Å². The highest BCUT2D eigenvalue weighted by Gasteiger charge is 2.09. The van der Waals surface area contributed by atoms with Crippen molar-refractivity contribution in [3.63, 3.8) is 0 Å². The molecular weight excluding hydrogens is 206 g/mol. The number of hydrogen-bond donors (Lipinski definition) is 2. The maximum atomic E-state index is 5.58. The van der Waals surface area contributed by atoms with Crippen molar-refractivity contribution in [2.24, 2.45) is 5.84 Å². The van der Waals surface area contributed by atoms with E-state index in [-0.39, 0.29) is 0 Å². The molecule has 0 aliphatic rings. The Labute approximate surface area is 95.8 Å². The topological polar surface area (TPSA) is 76.3 Å². The van der Waals surface area contributed by atoms with E-state index in [9.17, 15) is 0 Å². The summed E-state index contributed by atoms with van der Waals surface area (Å²) in [6, 6.07) is 0. The third kappa shape index (κ3) is 3.32. The first-order valence-corrected chi connectivity index (χ1v) is 5.14. The summed E-state index contributed by atoms with van der Waals surface area (Å²) in [5.74, 6) is 7.19. The van der Waals surface area contributed by atoms with Gasteiger partial charge in [-0.1, -0.05) is 0 Å². The van der Waals surface area contributed by atoms with Crippen LogP contribution in [-0.4, -0.2) is 42.1 Å². The highest BCUT2D eigenvalue weighted by atomic mass is 16.5. The summed E-state index contributed by atoms with van der Waals surface area (Å²) < 4.78 is 5.58. The molecule has 3 N–H and O–H groups in total. The fourth-order valence-corrected chi connectivity index (χ4v) is 1.21. The second kappa shape index (κ2) is 5.62. The molecule has 16 heavy (non-hydrogen) atoms. The standard InChI is InChI=1S/C10H19N5O/c1-7-9(14-11)12-8(2)13-10(7)16-6-5-15(3)4/h5-6,11H2,1-4H3,(H,12,13,14). The molecule has 1 aromatic rings. The molecule has 0 aliphatic heterocycles. The van der Waals surface area contributed by atoms with Gasteiger partial charge < -0.3 is 15.1 Å². The fourth-order valence-electron chi connectivity index (χ4n) is 1.21. The molecule has 1 aromatic heterocycles. The molecule has 1 heterocycles. The molecule has 0 aliphatic carbocycles. The van der Waals surface area contributed by atoms with Gasteiger partial charge in [0.2, 0.25) is 5.88 Å². The number of aryl methyl sites for hydroxylation is 1. The lowest BCUT2D eigenvalue weighted by Gasteiger charge is -2.13. The smallest absolute Gasteiger partial charge is 0.221 e. The third-order valence-electron chi connectivity index (χ3n) is 2.13. The summed E-state index contributed by atoms with van der Waals surface area (Å²) in [5, 5.41) is 0. The lowest BCUT2D eigenvalue weighted by atomic mass is 10.3. The Morgan fingerprint density at radius 2 is 2.00 bits per heavy atom. The van der Waals surface area contributed by atoms with E-state index < -0.39 is 0 Å². The number of nitrogens with one attached hydrogen (secondary N) is 1. The van der Waals surface area contributed by atoms with Gasteiger partial charge in [-0.3, -0.25) is 0 Å². The van der Waals surface area contributed by atoms with Gasteiger partial charge in [0.15, 0.2) is 0 Å². The van der Waals surface area contributed by atoms with Crippen LogP contribution in [0.1, 0.15) is 11.4 Å². The van der Waals surface area contributed by atoms with Gasteiger partial charge in [0.25, 0.3) is 0 Å². The molecule has 0 bridgehead atoms. The van der Waals surface area contributed by atoms with Crippen molar-refractivity contribution in [3.05, 3.63) is 11.4 Å². The van der Waals surface area contributed by atoms with Gasteiger partial charge in [0, 0.05) is 6.54 Å². The van der Waals surface area contributed by atoms with Crippen LogP contribution in [0.25, 0.3) is 0 Å². The first kappa shape index (κ1) is 12.7. The maximum absolute atomic E-state index is 5.58. The van der Waals surface area contributed by atoms with Gasteiger partial charge in [-0.25, -0.2) is 10.8 Å². The molecule has 0 fully saturated rings. The number of nitrogens with two attached hydrogens (primary N) is 1. The number of ether oxygens (including phenoxy) is 1. The highest BCUT2D eigenvalue weighted by Crippen LogP contribution is 2.20. The fraction of sp³-hybridized carbons (Fsp3) is 0.600. The molecule has 0 saturated heterocycles. The Morgan fingerprint density at radius 1 is 1.31 bits per heavy atom. The Hall–Kier alpha value is -1.40. The van der Waals surface area contributed by atoms with E-state index in [1.54, 1.807) is 6.92 Å². The summed E-state index contributed by atoms with van der Waals surface area (Å²) in [6.07, 6.45) is 0. The number of likely N-dealkylation sites (N-methyl/N-ethyl adjacent to an activating group) is 1. The van der Waals surface area contributed by atoms with Crippen molar-refractivity contribution >= 4 is 5.82 Å². The zero-order valence-electron chi connectivity index (χ0n) is 10.2. The summed E-state index contributed by atoms with van der Waals surface area (Å²) in [7, 11) is 3.99. The first-order valence-electron chi connectivity index (χ1n) is 5.14. The van der Waals surface area contributed by atoms with E-state index >= 15 is 0 Å². The zero-order valence-corrected chi connectivity index (χ0v) is 10.2. The predicted octanol–water partition coefficient (Wildman–Crippen LogP) is 0.319. The van der Waals surface area contributed by atoms with Crippen LogP contribution in [0, 0.1) is 13.8 Å². The van der Waals surface area contributed by atoms with E-state index in [1.807, 2.05) is 25.9 Å². The molecule has 6 heteroatoms. The van der Waals surface area contributed by atoms with Gasteiger partial charge in [0.1, 0.15) is 18.2 Å². The molecular formula is C10H19N5O. The molecule has 6 nitrogen and oxygen atoms in total. The molecule has 0 spiro atoms. The van der Waals surface area contributed by atoms with E-state index in [1.165, 1.54) is 0 Å². The Kier molecular flexibility index (Phi) is 4.45. The largest absolute Gasteiger partial charge is 0.476 e. The number of nitrogen functional groups attached to an aromatic ring is 1. The molecule has 0 amide bonds. The van der Waals surface area contributed by atoms with Crippen LogP contribution in [0.15, 0.2) is 0 Å². The minimum absolute atomic E-state index is 0.585. The monoisotopic (exact) mass is 225 g/mol. The van der Waals surface area contributed by atoms with Crippen LogP contribution in [-0.2, 0) is 0 Å². The minimum atomic E-state index is 0.585. The van der Waals surface area contributed by atoms with Crippen LogP contribution < -0.4 is 16.0 Å². The van der Waals surface area contributed by atoms with Crippen LogP contribution in [0.2, 0.25) is 0 Å². The van der Waals surface area contributed by atoms with Gasteiger partial charge in [-0.2, -0.15) is 4.98 Å². The lowest BCUT2D eigenvalue weighted by molar-refractivity contribution is 0.252. The average Bonchev–Trinajstić information content (AvgIpc) is 2.22. The Bertz CT molecular complexity index is 353. The molecule has 0 unspecified atom stereocenters. The van der Waals surface area contributed by atoms with E-state index in [2.05, 4.69) is 15.4 Å². The number of anilines is 1. The lowest BCUT2D eigenvalue weighted by Crippen LogP contribution is -2.20. The number of nitrogens with zero attached hydrogens (tertiary/aromatic N) is 3. The van der Waals surface area contributed by atoms with Crippen molar-refractivity contribution in [2.75, 3.05) is 32.7 Å².